The molecule has 0 aliphatic carbocycles. The summed E-state index contributed by atoms with van der Waals surface area (Å²) in [6.07, 6.45) is 1.96. The van der Waals surface area contributed by atoms with Gasteiger partial charge in [0.25, 0.3) is 0 Å². The first-order valence-corrected chi connectivity index (χ1v) is 4.66. The molecule has 4 nitrogen and oxygen atoms in total. The third kappa shape index (κ3) is 1.85. The third-order valence-corrected chi connectivity index (χ3v) is 2.32. The zero-order valence-corrected chi connectivity index (χ0v) is 8.40. The molecule has 0 bridgehead atoms. The van der Waals surface area contributed by atoms with E-state index in [9.17, 15) is 4.79 Å². The van der Waals surface area contributed by atoms with E-state index in [0.717, 1.165) is 10.9 Å². The molecular weight excluding hydrogens is 192 g/mol. The van der Waals surface area contributed by atoms with Crippen LogP contribution in [0.15, 0.2) is 30.5 Å². The van der Waals surface area contributed by atoms with Crippen LogP contribution >= 0.6 is 0 Å². The van der Waals surface area contributed by atoms with E-state index in [1.54, 1.807) is 0 Å². The summed E-state index contributed by atoms with van der Waals surface area (Å²) in [5.74, 6) is -0.399. The number of aromatic nitrogens is 1. The standard InChI is InChI=1S/C11H12N2O2/c1-13-5-4-8-2-3-9(6-10(8)13)12-11(15)7-14/h2-6,14H,7H2,1H3,(H,12,15). The number of nitrogens with zero attached hydrogens (tertiary/aromatic N) is 1. The summed E-state index contributed by atoms with van der Waals surface area (Å²) in [6.45, 7) is -0.495. The van der Waals surface area contributed by atoms with E-state index in [2.05, 4.69) is 5.32 Å². The average Bonchev–Trinajstić information content (AvgIpc) is 2.60. The van der Waals surface area contributed by atoms with Crippen LogP contribution in [0.4, 0.5) is 5.69 Å². The second-order valence-electron chi connectivity index (χ2n) is 3.41. The molecule has 0 saturated carbocycles. The molecule has 0 atom stereocenters. The molecule has 78 valence electrons. The second-order valence-corrected chi connectivity index (χ2v) is 3.41. The van der Waals surface area contributed by atoms with Crippen molar-refractivity contribution in [1.29, 1.82) is 0 Å². The Kier molecular flexibility index (Phi) is 2.43. The maximum atomic E-state index is 11.0. The van der Waals surface area contributed by atoms with Gasteiger partial charge in [-0.3, -0.25) is 4.79 Å². The first kappa shape index (κ1) is 9.73. The number of fused-ring (bicyclic) bond motifs is 1. The van der Waals surface area contributed by atoms with Gasteiger partial charge in [0, 0.05) is 24.4 Å². The molecule has 2 N–H and O–H groups in total. The maximum Gasteiger partial charge on any atom is 0.250 e. The fourth-order valence-corrected chi connectivity index (χ4v) is 1.54. The molecule has 2 aromatic rings. The minimum absolute atomic E-state index is 0.399. The number of benzene rings is 1. The van der Waals surface area contributed by atoms with Gasteiger partial charge in [-0.1, -0.05) is 6.07 Å². The zero-order chi connectivity index (χ0) is 10.8. The molecule has 0 saturated heterocycles. The van der Waals surface area contributed by atoms with Crippen LogP contribution in [-0.4, -0.2) is 22.2 Å². The number of amides is 1. The van der Waals surface area contributed by atoms with E-state index in [0.29, 0.717) is 5.69 Å². The lowest BCUT2D eigenvalue weighted by atomic mass is 10.2. The van der Waals surface area contributed by atoms with Crippen molar-refractivity contribution < 1.29 is 9.90 Å². The summed E-state index contributed by atoms with van der Waals surface area (Å²) in [4.78, 5) is 11.0. The van der Waals surface area contributed by atoms with Crippen molar-refractivity contribution in [2.45, 2.75) is 0 Å². The second kappa shape index (κ2) is 3.74. The minimum atomic E-state index is -0.495. The van der Waals surface area contributed by atoms with E-state index in [-0.39, 0.29) is 0 Å². The highest BCUT2D eigenvalue weighted by Crippen LogP contribution is 2.19. The molecule has 0 aliphatic rings. The van der Waals surface area contributed by atoms with Gasteiger partial charge in [0.1, 0.15) is 6.61 Å². The molecule has 0 unspecified atom stereocenters. The van der Waals surface area contributed by atoms with Gasteiger partial charge in [-0.05, 0) is 23.6 Å². The summed E-state index contributed by atoms with van der Waals surface area (Å²) in [7, 11) is 1.94. The largest absolute Gasteiger partial charge is 0.387 e. The van der Waals surface area contributed by atoms with Gasteiger partial charge in [-0.2, -0.15) is 0 Å². The fraction of sp³-hybridized carbons (Fsp3) is 0.182. The number of aryl methyl sites for hydroxylation is 1. The Morgan fingerprint density at radius 1 is 1.47 bits per heavy atom. The van der Waals surface area contributed by atoms with Crippen LogP contribution in [0.5, 0.6) is 0 Å². The van der Waals surface area contributed by atoms with Crippen molar-refractivity contribution in [3.05, 3.63) is 30.5 Å². The number of nitrogens with one attached hydrogen (secondary N) is 1. The van der Waals surface area contributed by atoms with E-state index < -0.39 is 12.5 Å². The highest BCUT2D eigenvalue weighted by atomic mass is 16.3. The zero-order valence-electron chi connectivity index (χ0n) is 8.40. The Morgan fingerprint density at radius 2 is 2.27 bits per heavy atom. The monoisotopic (exact) mass is 204 g/mol. The number of rotatable bonds is 2. The van der Waals surface area contributed by atoms with Crippen LogP contribution in [0, 0.1) is 0 Å². The molecule has 1 aromatic heterocycles. The SMILES string of the molecule is Cn1ccc2ccc(NC(=O)CO)cc21. The van der Waals surface area contributed by atoms with Crippen LogP contribution in [0.25, 0.3) is 10.9 Å². The number of carbonyl (C=O) groups is 1. The Labute approximate surface area is 87.1 Å². The minimum Gasteiger partial charge on any atom is -0.387 e. The highest BCUT2D eigenvalue weighted by molar-refractivity contribution is 5.94. The first-order chi connectivity index (χ1) is 7.20. The number of hydrogen-bond donors (Lipinski definition) is 2. The van der Waals surface area contributed by atoms with Gasteiger partial charge in [0.2, 0.25) is 5.91 Å². The molecule has 0 aliphatic heterocycles. The van der Waals surface area contributed by atoms with Crippen molar-refractivity contribution in [3.63, 3.8) is 0 Å². The van der Waals surface area contributed by atoms with Crippen LogP contribution in [0.1, 0.15) is 0 Å². The lowest BCUT2D eigenvalue weighted by Crippen LogP contribution is -2.15. The number of aliphatic hydroxyl groups excluding tert-OH is 1. The third-order valence-electron chi connectivity index (χ3n) is 2.32. The van der Waals surface area contributed by atoms with Gasteiger partial charge in [-0.15, -0.1) is 0 Å². The molecule has 0 spiro atoms. The number of carbonyl (C=O) groups excluding carboxylic acids is 1. The molecule has 1 heterocycles. The first-order valence-electron chi connectivity index (χ1n) is 4.66. The molecule has 1 aromatic carbocycles. The molecule has 0 radical (unpaired) electrons. The highest BCUT2D eigenvalue weighted by Gasteiger charge is 2.02. The van der Waals surface area contributed by atoms with Crippen molar-refractivity contribution in [2.24, 2.45) is 7.05 Å². The van der Waals surface area contributed by atoms with Gasteiger partial charge in [0.05, 0.1) is 0 Å². The van der Waals surface area contributed by atoms with Gasteiger partial charge >= 0.3 is 0 Å². The lowest BCUT2D eigenvalue weighted by molar-refractivity contribution is -0.118. The summed E-state index contributed by atoms with van der Waals surface area (Å²) in [6, 6.07) is 7.63. The quantitative estimate of drug-likeness (QED) is 0.769. The van der Waals surface area contributed by atoms with Crippen molar-refractivity contribution in [3.8, 4) is 0 Å². The summed E-state index contributed by atoms with van der Waals surface area (Å²) in [5, 5.41) is 12.3. The smallest absolute Gasteiger partial charge is 0.250 e. The maximum absolute atomic E-state index is 11.0. The van der Waals surface area contributed by atoms with Crippen LogP contribution in [0.2, 0.25) is 0 Å². The number of aliphatic hydroxyl groups is 1. The van der Waals surface area contributed by atoms with Crippen molar-refractivity contribution >= 4 is 22.5 Å². The van der Waals surface area contributed by atoms with Gasteiger partial charge < -0.3 is 15.0 Å². The lowest BCUT2D eigenvalue weighted by Gasteiger charge is -2.04. The van der Waals surface area contributed by atoms with Crippen LogP contribution < -0.4 is 5.32 Å². The molecule has 15 heavy (non-hydrogen) atoms. The molecular formula is C11H12N2O2. The van der Waals surface area contributed by atoms with E-state index in [1.807, 2.05) is 42.1 Å². The Balaban J connectivity index is 2.37. The fourth-order valence-electron chi connectivity index (χ4n) is 1.54. The van der Waals surface area contributed by atoms with E-state index in [1.165, 1.54) is 0 Å². The van der Waals surface area contributed by atoms with E-state index in [4.69, 9.17) is 5.11 Å². The predicted octanol–water partition coefficient (Wildman–Crippen LogP) is 1.11. The molecule has 1 amide bonds. The Morgan fingerprint density at radius 3 is 3.00 bits per heavy atom. The normalized spacial score (nSPS) is 10.5. The van der Waals surface area contributed by atoms with Gasteiger partial charge in [-0.25, -0.2) is 0 Å². The molecule has 2 rings (SSSR count). The molecule has 0 fully saturated rings. The Hall–Kier alpha value is -1.81. The summed E-state index contributed by atoms with van der Waals surface area (Å²) >= 11 is 0. The molecule has 4 heteroatoms. The predicted molar refractivity (Wildman–Crippen MR) is 58.6 cm³/mol. The topological polar surface area (TPSA) is 54.3 Å². The Bertz CT molecular complexity index is 502. The van der Waals surface area contributed by atoms with E-state index >= 15 is 0 Å². The number of anilines is 1. The van der Waals surface area contributed by atoms with Crippen LogP contribution in [-0.2, 0) is 11.8 Å². The van der Waals surface area contributed by atoms with Crippen LogP contribution in [0.3, 0.4) is 0 Å². The van der Waals surface area contributed by atoms with Crippen molar-refractivity contribution in [2.75, 3.05) is 11.9 Å². The number of hydrogen-bond acceptors (Lipinski definition) is 2. The average molecular weight is 204 g/mol. The van der Waals surface area contributed by atoms with Crippen molar-refractivity contribution in [1.82, 2.24) is 4.57 Å². The van der Waals surface area contributed by atoms with Gasteiger partial charge in [0.15, 0.2) is 0 Å². The summed E-state index contributed by atoms with van der Waals surface area (Å²) < 4.78 is 1.98. The summed E-state index contributed by atoms with van der Waals surface area (Å²) in [5.41, 5.74) is 1.74.